The Labute approximate surface area is 230 Å². The van der Waals surface area contributed by atoms with Gasteiger partial charge < -0.3 is 14.4 Å². The van der Waals surface area contributed by atoms with Crippen molar-refractivity contribution in [1.29, 1.82) is 0 Å². The molecule has 0 bridgehead atoms. The molecular formula is C32H38N6O. The van der Waals surface area contributed by atoms with E-state index in [4.69, 9.17) is 9.97 Å². The summed E-state index contributed by atoms with van der Waals surface area (Å²) in [5.41, 5.74) is 9.09. The summed E-state index contributed by atoms with van der Waals surface area (Å²) < 4.78 is 2.04. The summed E-state index contributed by atoms with van der Waals surface area (Å²) in [6.45, 7) is 13.1. The van der Waals surface area contributed by atoms with Crippen LogP contribution in [-0.2, 0) is 29.1 Å². The van der Waals surface area contributed by atoms with Gasteiger partial charge in [0.25, 0.3) is 0 Å². The van der Waals surface area contributed by atoms with Crippen LogP contribution >= 0.6 is 0 Å². The predicted molar refractivity (Wildman–Crippen MR) is 157 cm³/mol. The first-order valence-corrected chi connectivity index (χ1v) is 14.0. The number of aromatic nitrogens is 4. The molecular weight excluding hydrogens is 484 g/mol. The lowest BCUT2D eigenvalue weighted by atomic mass is 9.74. The van der Waals surface area contributed by atoms with Crippen molar-refractivity contribution in [1.82, 2.24) is 19.5 Å². The number of anilines is 2. The molecule has 2 aliphatic rings. The SMILES string of the molecule is CC(=O)N1CC2(CCN(c3nc(Cc4cc(C(C)(C)C)ccc4C)c4c(ncn4C)n3)CC2)c2ccccc21. The zero-order valence-electron chi connectivity index (χ0n) is 24.0. The van der Waals surface area contributed by atoms with Crippen molar-refractivity contribution in [2.24, 2.45) is 7.05 Å². The minimum atomic E-state index is -0.0127. The van der Waals surface area contributed by atoms with Gasteiger partial charge in [-0.1, -0.05) is 57.2 Å². The summed E-state index contributed by atoms with van der Waals surface area (Å²) in [4.78, 5) is 31.4. The average molecular weight is 523 g/mol. The molecule has 7 heteroatoms. The van der Waals surface area contributed by atoms with E-state index < -0.39 is 0 Å². The van der Waals surface area contributed by atoms with Crippen LogP contribution in [0.15, 0.2) is 48.8 Å². The molecule has 39 heavy (non-hydrogen) atoms. The molecule has 0 radical (unpaired) electrons. The van der Waals surface area contributed by atoms with Crippen molar-refractivity contribution in [3.63, 3.8) is 0 Å². The first kappa shape index (κ1) is 25.5. The molecule has 2 aromatic heterocycles. The van der Waals surface area contributed by atoms with Gasteiger partial charge in [-0.15, -0.1) is 0 Å². The van der Waals surface area contributed by atoms with Crippen LogP contribution in [0.25, 0.3) is 11.2 Å². The average Bonchev–Trinajstić information content (AvgIpc) is 3.44. The molecule has 4 aromatic rings. The second-order valence-electron chi connectivity index (χ2n) is 12.5. The Hall–Kier alpha value is -3.74. The van der Waals surface area contributed by atoms with Gasteiger partial charge in [0, 0.05) is 51.1 Å². The van der Waals surface area contributed by atoms with Gasteiger partial charge in [-0.05, 0) is 53.5 Å². The van der Waals surface area contributed by atoms with Crippen molar-refractivity contribution in [2.45, 2.75) is 64.7 Å². The molecule has 7 nitrogen and oxygen atoms in total. The van der Waals surface area contributed by atoms with E-state index in [9.17, 15) is 4.79 Å². The molecule has 4 heterocycles. The van der Waals surface area contributed by atoms with Crippen molar-refractivity contribution < 1.29 is 4.79 Å². The van der Waals surface area contributed by atoms with Gasteiger partial charge in [0.15, 0.2) is 5.65 Å². The maximum Gasteiger partial charge on any atom is 0.227 e. The molecule has 0 saturated carbocycles. The summed E-state index contributed by atoms with van der Waals surface area (Å²) in [7, 11) is 2.02. The van der Waals surface area contributed by atoms with Crippen LogP contribution in [0.5, 0.6) is 0 Å². The number of carbonyl (C=O) groups is 1. The van der Waals surface area contributed by atoms with E-state index in [1.54, 1.807) is 6.92 Å². The topological polar surface area (TPSA) is 67.2 Å². The number of para-hydroxylation sites is 1. The number of hydrogen-bond donors (Lipinski definition) is 0. The Morgan fingerprint density at radius 2 is 1.79 bits per heavy atom. The highest BCUT2D eigenvalue weighted by molar-refractivity contribution is 5.94. The van der Waals surface area contributed by atoms with Crippen molar-refractivity contribution in [3.05, 3.63) is 76.7 Å². The third kappa shape index (κ3) is 4.38. The zero-order valence-corrected chi connectivity index (χ0v) is 24.0. The van der Waals surface area contributed by atoms with Crippen LogP contribution in [0, 0.1) is 6.92 Å². The zero-order chi connectivity index (χ0) is 27.5. The van der Waals surface area contributed by atoms with E-state index in [0.717, 1.165) is 67.4 Å². The minimum Gasteiger partial charge on any atom is -0.341 e. The maximum atomic E-state index is 12.4. The monoisotopic (exact) mass is 522 g/mol. The molecule has 2 aliphatic heterocycles. The molecule has 2 aromatic carbocycles. The second kappa shape index (κ2) is 9.18. The van der Waals surface area contributed by atoms with E-state index in [1.165, 1.54) is 22.3 Å². The lowest BCUT2D eigenvalue weighted by Gasteiger charge is -2.40. The fourth-order valence-electron chi connectivity index (χ4n) is 6.37. The highest BCUT2D eigenvalue weighted by atomic mass is 16.2. The molecule has 1 spiro atoms. The first-order valence-electron chi connectivity index (χ1n) is 14.0. The van der Waals surface area contributed by atoms with Gasteiger partial charge in [0.2, 0.25) is 11.9 Å². The number of amides is 1. The summed E-state index contributed by atoms with van der Waals surface area (Å²) in [5.74, 6) is 0.867. The van der Waals surface area contributed by atoms with E-state index in [1.807, 2.05) is 28.9 Å². The van der Waals surface area contributed by atoms with Gasteiger partial charge in [-0.25, -0.2) is 9.97 Å². The third-order valence-corrected chi connectivity index (χ3v) is 8.82. The van der Waals surface area contributed by atoms with Crippen LogP contribution < -0.4 is 9.80 Å². The Morgan fingerprint density at radius 3 is 2.51 bits per heavy atom. The quantitative estimate of drug-likeness (QED) is 0.357. The van der Waals surface area contributed by atoms with E-state index >= 15 is 0 Å². The maximum absolute atomic E-state index is 12.4. The van der Waals surface area contributed by atoms with Gasteiger partial charge in [-0.3, -0.25) is 4.79 Å². The molecule has 1 amide bonds. The molecule has 0 N–H and O–H groups in total. The number of nitrogens with zero attached hydrogens (tertiary/aromatic N) is 6. The van der Waals surface area contributed by atoms with Crippen molar-refractivity contribution in [3.8, 4) is 0 Å². The number of fused-ring (bicyclic) bond motifs is 3. The fraction of sp³-hybridized carbons (Fsp3) is 0.438. The highest BCUT2D eigenvalue weighted by Crippen LogP contribution is 2.47. The van der Waals surface area contributed by atoms with Crippen LogP contribution in [0.2, 0.25) is 0 Å². The second-order valence-corrected chi connectivity index (χ2v) is 12.5. The fourth-order valence-corrected chi connectivity index (χ4v) is 6.37. The molecule has 202 valence electrons. The minimum absolute atomic E-state index is 0.0127. The molecule has 1 saturated heterocycles. The third-order valence-electron chi connectivity index (χ3n) is 8.82. The van der Waals surface area contributed by atoms with Crippen molar-refractivity contribution >= 4 is 28.7 Å². The number of piperidine rings is 1. The first-order chi connectivity index (χ1) is 18.6. The van der Waals surface area contributed by atoms with Gasteiger partial charge in [0.1, 0.15) is 5.52 Å². The molecule has 6 rings (SSSR count). The van der Waals surface area contributed by atoms with Gasteiger partial charge in [-0.2, -0.15) is 4.98 Å². The number of benzene rings is 2. The summed E-state index contributed by atoms with van der Waals surface area (Å²) in [6.07, 6.45) is 4.49. The van der Waals surface area contributed by atoms with E-state index in [2.05, 4.69) is 74.0 Å². The Kier molecular flexibility index (Phi) is 6.01. The van der Waals surface area contributed by atoms with E-state index in [0.29, 0.717) is 0 Å². The van der Waals surface area contributed by atoms with Crippen LogP contribution in [0.1, 0.15) is 68.5 Å². The lowest BCUT2D eigenvalue weighted by Crippen LogP contribution is -2.46. The summed E-state index contributed by atoms with van der Waals surface area (Å²) in [6, 6.07) is 15.2. The summed E-state index contributed by atoms with van der Waals surface area (Å²) in [5, 5.41) is 0. The Morgan fingerprint density at radius 1 is 1.05 bits per heavy atom. The number of imidazole rings is 1. The Bertz CT molecular complexity index is 1570. The van der Waals surface area contributed by atoms with E-state index in [-0.39, 0.29) is 16.7 Å². The molecule has 0 atom stereocenters. The number of aryl methyl sites for hydroxylation is 2. The number of carbonyl (C=O) groups excluding carboxylic acids is 1. The molecule has 1 fully saturated rings. The number of rotatable bonds is 3. The standard InChI is InChI=1S/C32H38N6O/c1-21-11-12-24(31(3,4)5)17-23(21)18-26-28-29(33-20-36(28)6)35-30(34-26)37-15-13-32(14-16-37)19-38(22(2)39)27-10-8-7-9-25(27)32/h7-12,17,20H,13-16,18-19H2,1-6H3. The number of hydrogen-bond acceptors (Lipinski definition) is 5. The van der Waals surface area contributed by atoms with Gasteiger partial charge in [0.05, 0.1) is 12.0 Å². The normalized spacial score (nSPS) is 16.8. The predicted octanol–water partition coefficient (Wildman–Crippen LogP) is 5.46. The van der Waals surface area contributed by atoms with Crippen LogP contribution in [0.4, 0.5) is 11.6 Å². The highest BCUT2D eigenvalue weighted by Gasteiger charge is 2.45. The Balaban J connectivity index is 1.32. The van der Waals surface area contributed by atoms with Crippen LogP contribution in [0.3, 0.4) is 0 Å². The van der Waals surface area contributed by atoms with Crippen LogP contribution in [-0.4, -0.2) is 45.1 Å². The van der Waals surface area contributed by atoms with Crippen molar-refractivity contribution in [2.75, 3.05) is 29.4 Å². The smallest absolute Gasteiger partial charge is 0.227 e. The summed E-state index contributed by atoms with van der Waals surface area (Å²) >= 11 is 0. The lowest BCUT2D eigenvalue weighted by molar-refractivity contribution is -0.116. The molecule has 0 aliphatic carbocycles. The largest absolute Gasteiger partial charge is 0.341 e. The van der Waals surface area contributed by atoms with Gasteiger partial charge >= 0.3 is 0 Å². The molecule has 0 unspecified atom stereocenters.